The summed E-state index contributed by atoms with van der Waals surface area (Å²) in [6, 6.07) is 0.438. The standard InChI is InChI=1S/C16H30N2O/c19-13-15-9-6-12-18(15)16(17-10-4-5-11-17)14-7-2-1-3-8-14/h14-16,19H,1-13H2/t15-,16?/m0/s1. The van der Waals surface area contributed by atoms with Gasteiger partial charge in [0, 0.05) is 12.6 Å². The minimum atomic E-state index is 0.358. The van der Waals surface area contributed by atoms with Gasteiger partial charge in [-0.05, 0) is 57.5 Å². The van der Waals surface area contributed by atoms with Crippen LogP contribution in [0.15, 0.2) is 0 Å². The van der Waals surface area contributed by atoms with Crippen LogP contribution >= 0.6 is 0 Å². The Balaban J connectivity index is 1.74. The van der Waals surface area contributed by atoms with Crippen molar-refractivity contribution in [2.24, 2.45) is 5.92 Å². The molecule has 19 heavy (non-hydrogen) atoms. The molecule has 2 heterocycles. The first-order valence-electron chi connectivity index (χ1n) is 8.51. The summed E-state index contributed by atoms with van der Waals surface area (Å²) >= 11 is 0. The van der Waals surface area contributed by atoms with Crippen molar-refractivity contribution in [3.05, 3.63) is 0 Å². The summed E-state index contributed by atoms with van der Waals surface area (Å²) < 4.78 is 0. The monoisotopic (exact) mass is 266 g/mol. The van der Waals surface area contributed by atoms with Crippen molar-refractivity contribution in [2.45, 2.75) is 70.0 Å². The number of rotatable bonds is 4. The smallest absolute Gasteiger partial charge is 0.0654 e. The lowest BCUT2D eigenvalue weighted by Gasteiger charge is -2.44. The fourth-order valence-electron chi connectivity index (χ4n) is 4.62. The molecule has 1 unspecified atom stereocenters. The minimum Gasteiger partial charge on any atom is -0.395 e. The highest BCUT2D eigenvalue weighted by Crippen LogP contribution is 2.35. The summed E-state index contributed by atoms with van der Waals surface area (Å²) in [6.07, 6.45) is 13.0. The largest absolute Gasteiger partial charge is 0.395 e. The zero-order valence-corrected chi connectivity index (χ0v) is 12.3. The molecule has 2 aliphatic heterocycles. The van der Waals surface area contributed by atoms with E-state index in [4.69, 9.17) is 0 Å². The average molecular weight is 266 g/mol. The van der Waals surface area contributed by atoms with Gasteiger partial charge in [0.15, 0.2) is 0 Å². The number of hydrogen-bond acceptors (Lipinski definition) is 3. The first-order chi connectivity index (χ1) is 9.40. The SMILES string of the molecule is OC[C@@H]1CCCN1C(C1CCCCC1)N1CCCC1. The van der Waals surface area contributed by atoms with Crippen LogP contribution in [0.4, 0.5) is 0 Å². The van der Waals surface area contributed by atoms with E-state index < -0.39 is 0 Å². The van der Waals surface area contributed by atoms with Crippen molar-refractivity contribution < 1.29 is 5.11 Å². The molecule has 0 spiro atoms. The summed E-state index contributed by atoms with van der Waals surface area (Å²) in [5, 5.41) is 9.67. The van der Waals surface area contributed by atoms with Crippen molar-refractivity contribution in [2.75, 3.05) is 26.2 Å². The fraction of sp³-hybridized carbons (Fsp3) is 1.00. The Morgan fingerprint density at radius 1 is 0.842 bits per heavy atom. The molecule has 2 atom stereocenters. The van der Waals surface area contributed by atoms with Gasteiger partial charge in [0.25, 0.3) is 0 Å². The third-order valence-electron chi connectivity index (χ3n) is 5.56. The highest BCUT2D eigenvalue weighted by Gasteiger charge is 2.39. The second-order valence-corrected chi connectivity index (χ2v) is 6.77. The lowest BCUT2D eigenvalue weighted by atomic mass is 9.85. The maximum Gasteiger partial charge on any atom is 0.0654 e. The topological polar surface area (TPSA) is 26.7 Å². The van der Waals surface area contributed by atoms with Gasteiger partial charge in [-0.2, -0.15) is 0 Å². The molecule has 1 aliphatic carbocycles. The number of aliphatic hydroxyl groups excluding tert-OH is 1. The third-order valence-corrected chi connectivity index (χ3v) is 5.56. The van der Waals surface area contributed by atoms with E-state index >= 15 is 0 Å². The van der Waals surface area contributed by atoms with Gasteiger partial charge < -0.3 is 5.11 Å². The van der Waals surface area contributed by atoms with Gasteiger partial charge in [-0.1, -0.05) is 19.3 Å². The van der Waals surface area contributed by atoms with Crippen LogP contribution in [0.2, 0.25) is 0 Å². The Bertz CT molecular complexity index is 272. The van der Waals surface area contributed by atoms with Gasteiger partial charge in [0.2, 0.25) is 0 Å². The molecule has 1 N–H and O–H groups in total. The maximum absolute atomic E-state index is 9.67. The van der Waals surface area contributed by atoms with E-state index in [1.165, 1.54) is 77.4 Å². The second kappa shape index (κ2) is 6.55. The van der Waals surface area contributed by atoms with Gasteiger partial charge >= 0.3 is 0 Å². The molecule has 3 aliphatic rings. The van der Waals surface area contributed by atoms with Crippen molar-refractivity contribution in [3.63, 3.8) is 0 Å². The maximum atomic E-state index is 9.67. The molecular weight excluding hydrogens is 236 g/mol. The van der Waals surface area contributed by atoms with Crippen LogP contribution in [-0.4, -0.2) is 53.4 Å². The zero-order valence-electron chi connectivity index (χ0n) is 12.3. The van der Waals surface area contributed by atoms with Crippen LogP contribution in [-0.2, 0) is 0 Å². The molecule has 0 aromatic carbocycles. The van der Waals surface area contributed by atoms with Gasteiger partial charge in [-0.3, -0.25) is 9.80 Å². The van der Waals surface area contributed by atoms with Crippen molar-refractivity contribution in [3.8, 4) is 0 Å². The highest BCUT2D eigenvalue weighted by atomic mass is 16.3. The highest BCUT2D eigenvalue weighted by molar-refractivity contribution is 4.90. The summed E-state index contributed by atoms with van der Waals surface area (Å²) in [4.78, 5) is 5.41. The molecule has 2 saturated heterocycles. The molecule has 3 nitrogen and oxygen atoms in total. The molecule has 0 amide bonds. The molecule has 3 rings (SSSR count). The Morgan fingerprint density at radius 3 is 2.26 bits per heavy atom. The number of nitrogens with zero attached hydrogens (tertiary/aromatic N) is 2. The van der Waals surface area contributed by atoms with Gasteiger partial charge in [0.1, 0.15) is 0 Å². The van der Waals surface area contributed by atoms with Crippen LogP contribution in [0.25, 0.3) is 0 Å². The molecule has 0 bridgehead atoms. The molecule has 1 saturated carbocycles. The molecular formula is C16H30N2O. The van der Waals surface area contributed by atoms with E-state index in [-0.39, 0.29) is 0 Å². The molecule has 3 fully saturated rings. The predicted molar refractivity (Wildman–Crippen MR) is 78.0 cm³/mol. The molecule has 110 valence electrons. The van der Waals surface area contributed by atoms with E-state index in [2.05, 4.69) is 9.80 Å². The van der Waals surface area contributed by atoms with Gasteiger partial charge in [-0.15, -0.1) is 0 Å². The Labute approximate surface area is 118 Å². The van der Waals surface area contributed by atoms with Crippen LogP contribution in [0, 0.1) is 5.92 Å². The van der Waals surface area contributed by atoms with E-state index in [1.807, 2.05) is 0 Å². The van der Waals surface area contributed by atoms with Gasteiger partial charge in [0.05, 0.1) is 12.8 Å². The molecule has 0 aromatic heterocycles. The van der Waals surface area contributed by atoms with E-state index in [0.717, 1.165) is 5.92 Å². The number of aliphatic hydroxyl groups is 1. The Morgan fingerprint density at radius 2 is 1.58 bits per heavy atom. The molecule has 3 heteroatoms. The van der Waals surface area contributed by atoms with Crippen molar-refractivity contribution in [1.82, 2.24) is 9.80 Å². The third kappa shape index (κ3) is 2.98. The zero-order chi connectivity index (χ0) is 13.1. The lowest BCUT2D eigenvalue weighted by Crippen LogP contribution is -2.54. The van der Waals surface area contributed by atoms with Crippen LogP contribution in [0.1, 0.15) is 57.8 Å². The van der Waals surface area contributed by atoms with Crippen LogP contribution < -0.4 is 0 Å². The summed E-state index contributed by atoms with van der Waals surface area (Å²) in [6.45, 7) is 4.14. The van der Waals surface area contributed by atoms with E-state index in [9.17, 15) is 5.11 Å². The normalized spacial score (nSPS) is 33.0. The van der Waals surface area contributed by atoms with Crippen molar-refractivity contribution >= 4 is 0 Å². The van der Waals surface area contributed by atoms with E-state index in [1.54, 1.807) is 0 Å². The quantitative estimate of drug-likeness (QED) is 0.846. The number of likely N-dealkylation sites (tertiary alicyclic amines) is 2. The predicted octanol–water partition coefficient (Wildman–Crippen LogP) is 2.45. The lowest BCUT2D eigenvalue weighted by molar-refractivity contribution is -0.0186. The Kier molecular flexibility index (Phi) is 4.78. The number of hydrogen-bond donors (Lipinski definition) is 1. The minimum absolute atomic E-state index is 0.358. The average Bonchev–Trinajstić information content (AvgIpc) is 3.12. The first-order valence-corrected chi connectivity index (χ1v) is 8.51. The Hall–Kier alpha value is -0.120. The first kappa shape index (κ1) is 13.8. The molecule has 0 aromatic rings. The molecule has 0 radical (unpaired) electrons. The fourth-order valence-corrected chi connectivity index (χ4v) is 4.62. The van der Waals surface area contributed by atoms with Gasteiger partial charge in [-0.25, -0.2) is 0 Å². The van der Waals surface area contributed by atoms with Crippen LogP contribution in [0.5, 0.6) is 0 Å². The second-order valence-electron chi connectivity index (χ2n) is 6.77. The summed E-state index contributed by atoms with van der Waals surface area (Å²) in [5.41, 5.74) is 0. The summed E-state index contributed by atoms with van der Waals surface area (Å²) in [7, 11) is 0. The van der Waals surface area contributed by atoms with Crippen molar-refractivity contribution in [1.29, 1.82) is 0 Å². The summed E-state index contributed by atoms with van der Waals surface area (Å²) in [5.74, 6) is 0.860. The van der Waals surface area contributed by atoms with E-state index in [0.29, 0.717) is 18.8 Å². The van der Waals surface area contributed by atoms with Crippen LogP contribution in [0.3, 0.4) is 0 Å².